The fraction of sp³-hybridized carbons (Fsp3) is 0.0286. The molecule has 1 nitrogen and oxygen atoms in total. The molecule has 1 atom stereocenters. The molecule has 6 aromatic rings. The number of hydrogen-bond acceptors (Lipinski definition) is 1. The van der Waals surface area contributed by atoms with Crippen LogP contribution in [-0.2, 0) is 5.41 Å². The van der Waals surface area contributed by atoms with Crippen LogP contribution in [0.15, 0.2) is 133 Å². The highest BCUT2D eigenvalue weighted by atomic mass is 35.5. The van der Waals surface area contributed by atoms with Gasteiger partial charge in [0.15, 0.2) is 0 Å². The summed E-state index contributed by atoms with van der Waals surface area (Å²) in [4.78, 5) is 2.38. The molecule has 37 heavy (non-hydrogen) atoms. The van der Waals surface area contributed by atoms with Crippen LogP contribution >= 0.6 is 11.6 Å². The molecule has 0 amide bonds. The Morgan fingerprint density at radius 2 is 1.11 bits per heavy atom. The normalized spacial score (nSPS) is 16.8. The van der Waals surface area contributed by atoms with E-state index in [0.717, 1.165) is 16.4 Å². The van der Waals surface area contributed by atoms with Gasteiger partial charge in [-0.05, 0) is 92.7 Å². The van der Waals surface area contributed by atoms with Gasteiger partial charge < -0.3 is 4.90 Å². The second kappa shape index (κ2) is 7.59. The number of benzene rings is 6. The molecule has 1 aliphatic heterocycles. The Morgan fingerprint density at radius 1 is 0.459 bits per heavy atom. The number of halogens is 1. The third-order valence-corrected chi connectivity index (χ3v) is 8.31. The highest BCUT2D eigenvalue weighted by Gasteiger charge is 2.51. The highest BCUT2D eigenvalue weighted by Crippen LogP contribution is 2.63. The molecule has 174 valence electrons. The molecule has 1 spiro atoms. The minimum absolute atomic E-state index is 0.474. The second-order valence-corrected chi connectivity index (χ2v) is 10.3. The maximum absolute atomic E-state index is 6.79. The SMILES string of the molecule is Clc1ccc2c(c1)C1(c3ccccc3-c3cc4ccccc4cc31)c1ccccc1N2c1ccccc1. The largest absolute Gasteiger partial charge is 0.310 e. The van der Waals surface area contributed by atoms with Gasteiger partial charge in [-0.1, -0.05) is 96.5 Å². The maximum Gasteiger partial charge on any atom is 0.0755 e. The van der Waals surface area contributed by atoms with Crippen LogP contribution in [0, 0.1) is 0 Å². The zero-order valence-corrected chi connectivity index (χ0v) is 20.8. The molecule has 2 aliphatic rings. The van der Waals surface area contributed by atoms with Crippen LogP contribution in [0.3, 0.4) is 0 Å². The van der Waals surface area contributed by atoms with Gasteiger partial charge in [0.2, 0.25) is 0 Å². The lowest BCUT2D eigenvalue weighted by Gasteiger charge is -2.45. The van der Waals surface area contributed by atoms with E-state index in [1.165, 1.54) is 49.8 Å². The van der Waals surface area contributed by atoms with Crippen LogP contribution in [0.5, 0.6) is 0 Å². The summed E-state index contributed by atoms with van der Waals surface area (Å²) < 4.78 is 0. The molecule has 0 aromatic heterocycles. The first-order chi connectivity index (χ1) is 18.3. The van der Waals surface area contributed by atoms with Crippen molar-refractivity contribution in [2.75, 3.05) is 4.90 Å². The summed E-state index contributed by atoms with van der Waals surface area (Å²) in [6.07, 6.45) is 0. The van der Waals surface area contributed by atoms with Crippen LogP contribution in [0.25, 0.3) is 21.9 Å². The van der Waals surface area contributed by atoms with Crippen molar-refractivity contribution in [3.05, 3.63) is 161 Å². The van der Waals surface area contributed by atoms with E-state index in [-0.39, 0.29) is 0 Å². The Morgan fingerprint density at radius 3 is 1.95 bits per heavy atom. The fourth-order valence-corrected chi connectivity index (χ4v) is 6.84. The molecule has 0 saturated carbocycles. The number of para-hydroxylation sites is 2. The number of nitrogens with zero attached hydrogens (tertiary/aromatic N) is 1. The van der Waals surface area contributed by atoms with Gasteiger partial charge in [0, 0.05) is 10.7 Å². The zero-order chi connectivity index (χ0) is 24.6. The monoisotopic (exact) mass is 491 g/mol. The van der Waals surface area contributed by atoms with Gasteiger partial charge in [-0.15, -0.1) is 0 Å². The average Bonchev–Trinajstić information content (AvgIpc) is 3.23. The smallest absolute Gasteiger partial charge is 0.0755 e. The summed E-state index contributed by atoms with van der Waals surface area (Å²) in [6, 6.07) is 48.2. The minimum Gasteiger partial charge on any atom is -0.310 e. The summed E-state index contributed by atoms with van der Waals surface area (Å²) in [6.45, 7) is 0. The molecular formula is C35H22ClN. The van der Waals surface area contributed by atoms with E-state index in [1.807, 2.05) is 6.07 Å². The molecule has 0 fully saturated rings. The molecule has 0 radical (unpaired) electrons. The molecule has 1 heterocycles. The zero-order valence-electron chi connectivity index (χ0n) is 20.0. The first-order valence-electron chi connectivity index (χ1n) is 12.6. The van der Waals surface area contributed by atoms with E-state index >= 15 is 0 Å². The van der Waals surface area contributed by atoms with Crippen molar-refractivity contribution in [1.82, 2.24) is 0 Å². The summed E-state index contributed by atoms with van der Waals surface area (Å²) in [5.74, 6) is 0. The van der Waals surface area contributed by atoms with Gasteiger partial charge in [0.25, 0.3) is 0 Å². The Kier molecular flexibility index (Phi) is 4.27. The van der Waals surface area contributed by atoms with Gasteiger partial charge >= 0.3 is 0 Å². The van der Waals surface area contributed by atoms with Gasteiger partial charge in [-0.3, -0.25) is 0 Å². The van der Waals surface area contributed by atoms with Crippen LogP contribution in [-0.4, -0.2) is 0 Å². The lowest BCUT2D eigenvalue weighted by Crippen LogP contribution is -2.36. The van der Waals surface area contributed by atoms with E-state index in [4.69, 9.17) is 11.6 Å². The third-order valence-electron chi connectivity index (χ3n) is 8.08. The van der Waals surface area contributed by atoms with Crippen LogP contribution in [0.1, 0.15) is 22.3 Å². The first kappa shape index (κ1) is 20.8. The highest BCUT2D eigenvalue weighted by molar-refractivity contribution is 6.30. The fourth-order valence-electron chi connectivity index (χ4n) is 6.66. The predicted octanol–water partition coefficient (Wildman–Crippen LogP) is 9.64. The maximum atomic E-state index is 6.79. The van der Waals surface area contributed by atoms with Crippen molar-refractivity contribution in [3.63, 3.8) is 0 Å². The van der Waals surface area contributed by atoms with Crippen molar-refractivity contribution < 1.29 is 0 Å². The Labute approximate surface area is 221 Å². The Balaban J connectivity index is 1.58. The molecule has 6 aromatic carbocycles. The lowest BCUT2D eigenvalue weighted by atomic mass is 9.64. The van der Waals surface area contributed by atoms with Crippen molar-refractivity contribution in [2.45, 2.75) is 5.41 Å². The second-order valence-electron chi connectivity index (χ2n) is 9.89. The minimum atomic E-state index is -0.474. The van der Waals surface area contributed by atoms with Crippen molar-refractivity contribution in [2.24, 2.45) is 0 Å². The predicted molar refractivity (Wildman–Crippen MR) is 155 cm³/mol. The number of fused-ring (bicyclic) bond motifs is 10. The molecule has 1 aliphatic carbocycles. The molecule has 0 bridgehead atoms. The molecule has 8 rings (SSSR count). The summed E-state index contributed by atoms with van der Waals surface area (Å²) in [7, 11) is 0. The number of hydrogen-bond donors (Lipinski definition) is 0. The lowest BCUT2D eigenvalue weighted by molar-refractivity contribution is 0.753. The van der Waals surface area contributed by atoms with Crippen LogP contribution in [0.2, 0.25) is 5.02 Å². The van der Waals surface area contributed by atoms with Gasteiger partial charge in [-0.25, -0.2) is 0 Å². The Bertz CT molecular complexity index is 1860. The van der Waals surface area contributed by atoms with Crippen molar-refractivity contribution in [3.8, 4) is 11.1 Å². The van der Waals surface area contributed by atoms with E-state index in [1.54, 1.807) is 0 Å². The summed E-state index contributed by atoms with van der Waals surface area (Å²) in [5, 5.41) is 3.26. The summed E-state index contributed by atoms with van der Waals surface area (Å²) in [5.41, 5.74) is 10.7. The number of rotatable bonds is 1. The van der Waals surface area contributed by atoms with Gasteiger partial charge in [0.05, 0.1) is 16.8 Å². The average molecular weight is 492 g/mol. The topological polar surface area (TPSA) is 3.24 Å². The molecule has 0 N–H and O–H groups in total. The first-order valence-corrected chi connectivity index (χ1v) is 13.0. The summed E-state index contributed by atoms with van der Waals surface area (Å²) >= 11 is 6.79. The number of anilines is 3. The van der Waals surface area contributed by atoms with Gasteiger partial charge in [0.1, 0.15) is 0 Å². The third kappa shape index (κ3) is 2.70. The van der Waals surface area contributed by atoms with E-state index in [2.05, 4.69) is 132 Å². The van der Waals surface area contributed by atoms with Crippen LogP contribution in [0.4, 0.5) is 17.1 Å². The van der Waals surface area contributed by atoms with Crippen molar-refractivity contribution >= 4 is 39.4 Å². The standard InChI is InChI=1S/C35H22ClN/c36-25-18-19-34-32(22-25)35(30-16-8-9-17-33(30)37(34)26-12-2-1-3-13-26)29-15-7-6-14-27(29)28-20-23-10-4-5-11-24(23)21-31(28)35/h1-22H. The van der Waals surface area contributed by atoms with Gasteiger partial charge in [-0.2, -0.15) is 0 Å². The quantitative estimate of drug-likeness (QED) is 0.221. The Hall–Kier alpha value is -4.33. The van der Waals surface area contributed by atoms with E-state index in [0.29, 0.717) is 0 Å². The van der Waals surface area contributed by atoms with E-state index < -0.39 is 5.41 Å². The molecular weight excluding hydrogens is 470 g/mol. The molecule has 0 saturated heterocycles. The van der Waals surface area contributed by atoms with Crippen molar-refractivity contribution in [1.29, 1.82) is 0 Å². The van der Waals surface area contributed by atoms with E-state index in [9.17, 15) is 0 Å². The molecule has 2 heteroatoms. The molecule has 1 unspecified atom stereocenters. The van der Waals surface area contributed by atoms with Crippen LogP contribution < -0.4 is 4.90 Å².